The molecule has 1 N–H and O–H groups in total. The van der Waals surface area contributed by atoms with Gasteiger partial charge in [-0.1, -0.05) is 5.16 Å². The molecule has 0 aliphatic rings. The zero-order valence-electron chi connectivity index (χ0n) is 7.27. The molecule has 0 bridgehead atoms. The first-order valence-corrected chi connectivity index (χ1v) is 3.85. The van der Waals surface area contributed by atoms with Gasteiger partial charge in [0.1, 0.15) is 5.78 Å². The van der Waals surface area contributed by atoms with Crippen molar-refractivity contribution in [3.05, 3.63) is 30.1 Å². The molecule has 0 saturated heterocycles. The molecule has 4 heteroatoms. The van der Waals surface area contributed by atoms with Crippen LogP contribution in [0.1, 0.15) is 18.9 Å². The van der Waals surface area contributed by atoms with Crippen LogP contribution in [0.15, 0.2) is 29.7 Å². The topological polar surface area (TPSA) is 62.5 Å². The molecule has 0 aliphatic heterocycles. The van der Waals surface area contributed by atoms with Crippen molar-refractivity contribution in [2.75, 3.05) is 0 Å². The van der Waals surface area contributed by atoms with Crippen LogP contribution in [0.2, 0.25) is 0 Å². The van der Waals surface area contributed by atoms with Crippen LogP contribution in [0.25, 0.3) is 0 Å². The second-order valence-corrected chi connectivity index (χ2v) is 2.66. The highest BCUT2D eigenvalue weighted by atomic mass is 16.4. The van der Waals surface area contributed by atoms with Crippen LogP contribution in [-0.2, 0) is 4.79 Å². The fourth-order valence-corrected chi connectivity index (χ4v) is 0.975. The van der Waals surface area contributed by atoms with Gasteiger partial charge in [0.05, 0.1) is 12.1 Å². The maximum atomic E-state index is 10.8. The van der Waals surface area contributed by atoms with Crippen LogP contribution in [0, 0.1) is 0 Å². The Balaban J connectivity index is 2.86. The minimum atomic E-state index is -0.0374. The maximum absolute atomic E-state index is 10.8. The van der Waals surface area contributed by atoms with E-state index in [1.165, 1.54) is 6.92 Å². The van der Waals surface area contributed by atoms with E-state index in [1.807, 2.05) is 0 Å². The summed E-state index contributed by atoms with van der Waals surface area (Å²) in [6.07, 6.45) is 3.31. The lowest BCUT2D eigenvalue weighted by molar-refractivity contribution is -0.115. The highest BCUT2D eigenvalue weighted by Crippen LogP contribution is 2.03. The van der Waals surface area contributed by atoms with Gasteiger partial charge in [0, 0.05) is 18.0 Å². The largest absolute Gasteiger partial charge is 0.411 e. The number of aromatic nitrogens is 1. The van der Waals surface area contributed by atoms with Gasteiger partial charge in [-0.3, -0.25) is 9.78 Å². The molecule has 1 rings (SSSR count). The number of Topliss-reactive ketones (excluding diaryl/α,β-unsaturated/α-hetero) is 1. The summed E-state index contributed by atoms with van der Waals surface area (Å²) in [5.74, 6) is -0.0374. The Morgan fingerprint density at radius 2 is 2.15 bits per heavy atom. The number of oxime groups is 1. The van der Waals surface area contributed by atoms with E-state index in [4.69, 9.17) is 5.21 Å². The predicted octanol–water partition coefficient (Wildman–Crippen LogP) is 1.24. The third-order valence-corrected chi connectivity index (χ3v) is 1.55. The first-order valence-electron chi connectivity index (χ1n) is 3.85. The molecule has 0 aromatic carbocycles. The monoisotopic (exact) mass is 178 g/mol. The van der Waals surface area contributed by atoms with E-state index < -0.39 is 0 Å². The summed E-state index contributed by atoms with van der Waals surface area (Å²) in [6.45, 7) is 1.45. The second kappa shape index (κ2) is 4.35. The molecule has 13 heavy (non-hydrogen) atoms. The third-order valence-electron chi connectivity index (χ3n) is 1.55. The fraction of sp³-hybridized carbons (Fsp3) is 0.222. The number of hydrogen-bond donors (Lipinski definition) is 1. The Morgan fingerprint density at radius 3 is 2.62 bits per heavy atom. The first kappa shape index (κ1) is 9.38. The van der Waals surface area contributed by atoms with Crippen molar-refractivity contribution in [3.63, 3.8) is 0 Å². The molecule has 0 amide bonds. The molecule has 1 aromatic rings. The van der Waals surface area contributed by atoms with Gasteiger partial charge in [-0.15, -0.1) is 0 Å². The maximum Gasteiger partial charge on any atom is 0.135 e. The lowest BCUT2D eigenvalue weighted by Crippen LogP contribution is -2.06. The lowest BCUT2D eigenvalue weighted by Gasteiger charge is -2.00. The average molecular weight is 178 g/mol. The summed E-state index contributed by atoms with van der Waals surface area (Å²) in [4.78, 5) is 14.6. The first-order chi connectivity index (χ1) is 6.24. The van der Waals surface area contributed by atoms with Crippen molar-refractivity contribution in [1.82, 2.24) is 4.98 Å². The number of ketones is 1. The number of hydrogen-bond acceptors (Lipinski definition) is 4. The molecule has 68 valence electrons. The zero-order chi connectivity index (χ0) is 9.68. The van der Waals surface area contributed by atoms with E-state index in [0.29, 0.717) is 11.3 Å². The van der Waals surface area contributed by atoms with Crippen molar-refractivity contribution in [2.24, 2.45) is 5.16 Å². The van der Waals surface area contributed by atoms with Crippen molar-refractivity contribution in [2.45, 2.75) is 13.3 Å². The molecule has 1 heterocycles. The quantitative estimate of drug-likeness (QED) is 0.430. The van der Waals surface area contributed by atoms with Crippen molar-refractivity contribution in [1.29, 1.82) is 0 Å². The van der Waals surface area contributed by atoms with Gasteiger partial charge < -0.3 is 5.21 Å². The number of nitrogens with zero attached hydrogens (tertiary/aromatic N) is 2. The molecular weight excluding hydrogens is 168 g/mol. The standard InChI is InChI=1S/C9H10N2O2/c1-7(12)6-9(11-13)8-2-4-10-5-3-8/h2-5,13H,6H2,1H3/b11-9-. The number of carbonyl (C=O) groups is 1. The normalized spacial score (nSPS) is 11.3. The van der Waals surface area contributed by atoms with Crippen LogP contribution in [0.4, 0.5) is 0 Å². The Kier molecular flexibility index (Phi) is 3.14. The number of carbonyl (C=O) groups excluding carboxylic acids is 1. The Hall–Kier alpha value is -1.71. The summed E-state index contributed by atoms with van der Waals surface area (Å²) in [5, 5.41) is 11.7. The summed E-state index contributed by atoms with van der Waals surface area (Å²) in [5.41, 5.74) is 1.09. The van der Waals surface area contributed by atoms with Gasteiger partial charge >= 0.3 is 0 Å². The predicted molar refractivity (Wildman–Crippen MR) is 47.9 cm³/mol. The van der Waals surface area contributed by atoms with E-state index in [1.54, 1.807) is 24.5 Å². The van der Waals surface area contributed by atoms with E-state index in [2.05, 4.69) is 10.1 Å². The van der Waals surface area contributed by atoms with E-state index in [-0.39, 0.29) is 12.2 Å². The van der Waals surface area contributed by atoms with Gasteiger partial charge in [0.25, 0.3) is 0 Å². The Labute approximate surface area is 75.9 Å². The zero-order valence-corrected chi connectivity index (χ0v) is 7.27. The summed E-state index contributed by atoms with van der Waals surface area (Å²) >= 11 is 0. The van der Waals surface area contributed by atoms with Crippen LogP contribution in [-0.4, -0.2) is 21.7 Å². The Morgan fingerprint density at radius 1 is 1.54 bits per heavy atom. The second-order valence-electron chi connectivity index (χ2n) is 2.66. The molecular formula is C9H10N2O2. The molecule has 0 aliphatic carbocycles. The molecule has 0 spiro atoms. The van der Waals surface area contributed by atoms with E-state index in [9.17, 15) is 4.79 Å². The van der Waals surface area contributed by atoms with Gasteiger partial charge in [0.2, 0.25) is 0 Å². The molecule has 1 aromatic heterocycles. The van der Waals surface area contributed by atoms with Gasteiger partial charge in [-0.05, 0) is 19.1 Å². The SMILES string of the molecule is CC(=O)C/C(=N/O)c1ccncc1. The molecule has 0 fully saturated rings. The van der Waals surface area contributed by atoms with E-state index >= 15 is 0 Å². The molecule has 0 saturated carbocycles. The van der Waals surface area contributed by atoms with Crippen LogP contribution in [0.5, 0.6) is 0 Å². The summed E-state index contributed by atoms with van der Waals surface area (Å²) in [6, 6.07) is 3.38. The number of rotatable bonds is 3. The van der Waals surface area contributed by atoms with Crippen LogP contribution in [0.3, 0.4) is 0 Å². The summed E-state index contributed by atoms with van der Waals surface area (Å²) in [7, 11) is 0. The highest BCUT2D eigenvalue weighted by molar-refractivity contribution is 6.10. The van der Waals surface area contributed by atoms with Crippen molar-refractivity contribution < 1.29 is 10.0 Å². The average Bonchev–Trinajstić information content (AvgIpc) is 2.15. The fourth-order valence-electron chi connectivity index (χ4n) is 0.975. The lowest BCUT2D eigenvalue weighted by atomic mass is 10.1. The molecule has 4 nitrogen and oxygen atoms in total. The molecule has 0 atom stereocenters. The van der Waals surface area contributed by atoms with Gasteiger partial charge in [-0.25, -0.2) is 0 Å². The van der Waals surface area contributed by atoms with Gasteiger partial charge in [-0.2, -0.15) is 0 Å². The van der Waals surface area contributed by atoms with E-state index in [0.717, 1.165) is 0 Å². The van der Waals surface area contributed by atoms with Crippen molar-refractivity contribution in [3.8, 4) is 0 Å². The minimum absolute atomic E-state index is 0.0374. The smallest absolute Gasteiger partial charge is 0.135 e. The third kappa shape index (κ3) is 2.66. The van der Waals surface area contributed by atoms with Crippen LogP contribution >= 0.6 is 0 Å². The van der Waals surface area contributed by atoms with Crippen LogP contribution < -0.4 is 0 Å². The summed E-state index contributed by atoms with van der Waals surface area (Å²) < 4.78 is 0. The minimum Gasteiger partial charge on any atom is -0.411 e. The number of pyridine rings is 1. The highest BCUT2D eigenvalue weighted by Gasteiger charge is 2.06. The van der Waals surface area contributed by atoms with Gasteiger partial charge in [0.15, 0.2) is 0 Å². The molecule has 0 radical (unpaired) electrons. The Bertz CT molecular complexity index is 320. The molecule has 0 unspecified atom stereocenters. The van der Waals surface area contributed by atoms with Crippen molar-refractivity contribution >= 4 is 11.5 Å².